The van der Waals surface area contributed by atoms with E-state index in [9.17, 15) is 5.11 Å². The molecule has 0 aliphatic carbocycles. The van der Waals surface area contributed by atoms with Crippen LogP contribution in [0, 0.1) is 0 Å². The monoisotopic (exact) mass is 203 g/mol. The molecule has 1 rings (SSSR count). The van der Waals surface area contributed by atoms with Crippen LogP contribution in [0.15, 0.2) is 0 Å². The first-order valence-electron chi connectivity index (χ1n) is 5.28. The van der Waals surface area contributed by atoms with E-state index in [0.717, 1.165) is 19.5 Å². The van der Waals surface area contributed by atoms with Crippen molar-refractivity contribution in [3.63, 3.8) is 0 Å². The Hall–Kier alpha value is -0.160. The highest BCUT2D eigenvalue weighted by atomic mass is 16.5. The SMILES string of the molecule is CC(O)CCN1CC(CO)OCC1C. The second-order valence-electron chi connectivity index (χ2n) is 4.12. The van der Waals surface area contributed by atoms with E-state index in [4.69, 9.17) is 9.84 Å². The van der Waals surface area contributed by atoms with Gasteiger partial charge in [0, 0.05) is 19.1 Å². The fraction of sp³-hybridized carbons (Fsp3) is 1.00. The van der Waals surface area contributed by atoms with Crippen LogP contribution in [0.1, 0.15) is 20.3 Å². The third-order valence-corrected chi connectivity index (χ3v) is 2.67. The van der Waals surface area contributed by atoms with Crippen molar-refractivity contribution >= 4 is 0 Å². The van der Waals surface area contributed by atoms with E-state index in [1.165, 1.54) is 0 Å². The number of hydrogen-bond acceptors (Lipinski definition) is 4. The Morgan fingerprint density at radius 1 is 1.57 bits per heavy atom. The summed E-state index contributed by atoms with van der Waals surface area (Å²) in [6.45, 7) is 6.30. The zero-order chi connectivity index (χ0) is 10.6. The van der Waals surface area contributed by atoms with Gasteiger partial charge in [0.1, 0.15) is 0 Å². The highest BCUT2D eigenvalue weighted by Crippen LogP contribution is 2.12. The average Bonchev–Trinajstić information content (AvgIpc) is 2.16. The molecule has 0 spiro atoms. The van der Waals surface area contributed by atoms with E-state index in [1.807, 2.05) is 0 Å². The summed E-state index contributed by atoms with van der Waals surface area (Å²) in [4.78, 5) is 2.26. The highest BCUT2D eigenvalue weighted by Gasteiger charge is 2.25. The van der Waals surface area contributed by atoms with Crippen LogP contribution in [0.25, 0.3) is 0 Å². The lowest BCUT2D eigenvalue weighted by Gasteiger charge is -2.37. The molecule has 4 nitrogen and oxygen atoms in total. The minimum Gasteiger partial charge on any atom is -0.394 e. The lowest BCUT2D eigenvalue weighted by Crippen LogP contribution is -2.50. The van der Waals surface area contributed by atoms with Gasteiger partial charge in [-0.05, 0) is 20.3 Å². The number of aliphatic hydroxyl groups excluding tert-OH is 2. The molecule has 0 aromatic heterocycles. The molecule has 84 valence electrons. The fourth-order valence-electron chi connectivity index (χ4n) is 1.65. The lowest BCUT2D eigenvalue weighted by molar-refractivity contribution is -0.0797. The highest BCUT2D eigenvalue weighted by molar-refractivity contribution is 4.77. The molecular formula is C10H21NO3. The van der Waals surface area contributed by atoms with E-state index in [1.54, 1.807) is 6.92 Å². The number of aliphatic hydroxyl groups is 2. The molecule has 2 N–H and O–H groups in total. The quantitative estimate of drug-likeness (QED) is 0.666. The molecule has 1 saturated heterocycles. The maximum Gasteiger partial charge on any atom is 0.0933 e. The molecule has 1 aliphatic rings. The predicted molar refractivity (Wildman–Crippen MR) is 54.2 cm³/mol. The van der Waals surface area contributed by atoms with Gasteiger partial charge < -0.3 is 14.9 Å². The van der Waals surface area contributed by atoms with E-state index >= 15 is 0 Å². The number of morpholine rings is 1. The number of hydrogen-bond donors (Lipinski definition) is 2. The largest absolute Gasteiger partial charge is 0.394 e. The van der Waals surface area contributed by atoms with E-state index in [0.29, 0.717) is 12.6 Å². The first kappa shape index (κ1) is 11.9. The molecule has 1 heterocycles. The Morgan fingerprint density at radius 3 is 2.86 bits per heavy atom. The zero-order valence-corrected chi connectivity index (χ0v) is 9.02. The summed E-state index contributed by atoms with van der Waals surface area (Å²) < 4.78 is 5.42. The summed E-state index contributed by atoms with van der Waals surface area (Å²) in [5.74, 6) is 0. The van der Waals surface area contributed by atoms with E-state index in [2.05, 4.69) is 11.8 Å². The van der Waals surface area contributed by atoms with Crippen LogP contribution in [-0.4, -0.2) is 59.7 Å². The maximum absolute atomic E-state index is 9.19. The molecule has 4 heteroatoms. The second-order valence-corrected chi connectivity index (χ2v) is 4.12. The lowest BCUT2D eigenvalue weighted by atomic mass is 10.1. The summed E-state index contributed by atoms with van der Waals surface area (Å²) in [5.41, 5.74) is 0. The average molecular weight is 203 g/mol. The van der Waals surface area contributed by atoms with Crippen molar-refractivity contribution in [1.82, 2.24) is 4.90 Å². The van der Waals surface area contributed by atoms with Gasteiger partial charge in [0.25, 0.3) is 0 Å². The Balaban J connectivity index is 2.32. The minimum atomic E-state index is -0.252. The molecule has 3 atom stereocenters. The molecule has 3 unspecified atom stereocenters. The van der Waals surface area contributed by atoms with Crippen molar-refractivity contribution in [3.8, 4) is 0 Å². The van der Waals surface area contributed by atoms with Crippen molar-refractivity contribution in [1.29, 1.82) is 0 Å². The molecule has 0 aromatic rings. The molecule has 0 saturated carbocycles. The summed E-state index contributed by atoms with van der Waals surface area (Å²) in [6, 6.07) is 0.386. The summed E-state index contributed by atoms with van der Waals surface area (Å²) >= 11 is 0. The van der Waals surface area contributed by atoms with Crippen molar-refractivity contribution in [3.05, 3.63) is 0 Å². The standard InChI is InChI=1S/C10H21NO3/c1-8-7-14-10(6-12)5-11(8)4-3-9(2)13/h8-10,12-13H,3-7H2,1-2H3. The van der Waals surface area contributed by atoms with E-state index < -0.39 is 0 Å². The van der Waals surface area contributed by atoms with Gasteiger partial charge in [-0.2, -0.15) is 0 Å². The van der Waals surface area contributed by atoms with Gasteiger partial charge in [0.05, 0.1) is 25.4 Å². The van der Waals surface area contributed by atoms with Gasteiger partial charge in [-0.15, -0.1) is 0 Å². The van der Waals surface area contributed by atoms with Crippen LogP contribution >= 0.6 is 0 Å². The molecule has 14 heavy (non-hydrogen) atoms. The Bertz CT molecular complexity index is 163. The molecule has 0 amide bonds. The molecule has 0 bridgehead atoms. The normalized spacial score (nSPS) is 31.7. The third-order valence-electron chi connectivity index (χ3n) is 2.67. The Labute approximate surface area is 85.5 Å². The first-order chi connectivity index (χ1) is 6.63. The summed E-state index contributed by atoms with van der Waals surface area (Å²) in [7, 11) is 0. The second kappa shape index (κ2) is 5.66. The summed E-state index contributed by atoms with van der Waals surface area (Å²) in [5, 5.41) is 18.2. The molecule has 1 aliphatic heterocycles. The van der Waals surface area contributed by atoms with Crippen LogP contribution in [0.3, 0.4) is 0 Å². The molecule has 0 aromatic carbocycles. The van der Waals surface area contributed by atoms with Crippen LogP contribution in [0.4, 0.5) is 0 Å². The molecule has 0 radical (unpaired) electrons. The van der Waals surface area contributed by atoms with Crippen molar-refractivity contribution in [2.45, 2.75) is 38.5 Å². The zero-order valence-electron chi connectivity index (χ0n) is 9.02. The number of ether oxygens (including phenoxy) is 1. The van der Waals surface area contributed by atoms with Gasteiger partial charge >= 0.3 is 0 Å². The molecule has 1 fully saturated rings. The Kier molecular flexibility index (Phi) is 4.81. The van der Waals surface area contributed by atoms with Crippen LogP contribution in [0.2, 0.25) is 0 Å². The number of rotatable bonds is 4. The smallest absolute Gasteiger partial charge is 0.0933 e. The van der Waals surface area contributed by atoms with Crippen molar-refractivity contribution < 1.29 is 14.9 Å². The van der Waals surface area contributed by atoms with Crippen molar-refractivity contribution in [2.75, 3.05) is 26.3 Å². The van der Waals surface area contributed by atoms with Gasteiger partial charge in [0.15, 0.2) is 0 Å². The fourth-order valence-corrected chi connectivity index (χ4v) is 1.65. The number of nitrogens with zero attached hydrogens (tertiary/aromatic N) is 1. The van der Waals surface area contributed by atoms with Crippen LogP contribution in [-0.2, 0) is 4.74 Å². The Morgan fingerprint density at radius 2 is 2.29 bits per heavy atom. The van der Waals surface area contributed by atoms with Crippen LogP contribution in [0.5, 0.6) is 0 Å². The summed E-state index contributed by atoms with van der Waals surface area (Å²) in [6.07, 6.45) is 0.473. The van der Waals surface area contributed by atoms with Gasteiger partial charge in [0.2, 0.25) is 0 Å². The minimum absolute atomic E-state index is 0.0554. The molecular weight excluding hydrogens is 182 g/mol. The van der Waals surface area contributed by atoms with Crippen molar-refractivity contribution in [2.24, 2.45) is 0 Å². The van der Waals surface area contributed by atoms with Gasteiger partial charge in [-0.3, -0.25) is 4.90 Å². The topological polar surface area (TPSA) is 52.9 Å². The van der Waals surface area contributed by atoms with E-state index in [-0.39, 0.29) is 18.8 Å². The van der Waals surface area contributed by atoms with Crippen LogP contribution < -0.4 is 0 Å². The maximum atomic E-state index is 9.19. The predicted octanol–water partition coefficient (Wildman–Crippen LogP) is -0.161. The first-order valence-corrected chi connectivity index (χ1v) is 5.28. The van der Waals surface area contributed by atoms with Gasteiger partial charge in [-0.25, -0.2) is 0 Å². The van der Waals surface area contributed by atoms with Gasteiger partial charge in [-0.1, -0.05) is 0 Å². The third kappa shape index (κ3) is 3.53.